The van der Waals surface area contributed by atoms with Crippen LogP contribution in [0, 0.1) is 5.82 Å². The first-order chi connectivity index (χ1) is 8.09. The monoisotopic (exact) mass is 236 g/mol. The Bertz CT molecular complexity index is 462. The molecule has 0 radical (unpaired) electrons. The van der Waals surface area contributed by atoms with Crippen molar-refractivity contribution in [3.05, 3.63) is 35.6 Å². The lowest BCUT2D eigenvalue weighted by Crippen LogP contribution is -2.56. The lowest BCUT2D eigenvalue weighted by atomic mass is 10.1. The number of rotatable bonds is 2. The molecule has 1 atom stereocenters. The van der Waals surface area contributed by atoms with Crippen LogP contribution in [0.3, 0.4) is 0 Å². The predicted octanol–water partition coefficient (Wildman–Crippen LogP) is 0.673. The lowest BCUT2D eigenvalue weighted by molar-refractivity contribution is -0.145. The van der Waals surface area contributed by atoms with Crippen LogP contribution >= 0.6 is 0 Å². The van der Waals surface area contributed by atoms with Crippen LogP contribution in [0.5, 0.6) is 0 Å². The Labute approximate surface area is 98.4 Å². The Balaban J connectivity index is 2.19. The third kappa shape index (κ3) is 2.27. The van der Waals surface area contributed by atoms with Gasteiger partial charge in [0, 0.05) is 12.1 Å². The summed E-state index contributed by atoms with van der Waals surface area (Å²) in [5, 5.41) is 2.49. The van der Waals surface area contributed by atoms with Crippen LogP contribution in [0.25, 0.3) is 0 Å². The Morgan fingerprint density at radius 1 is 1.41 bits per heavy atom. The summed E-state index contributed by atoms with van der Waals surface area (Å²) in [6.45, 7) is 1.74. The third-order valence-electron chi connectivity index (χ3n) is 2.88. The van der Waals surface area contributed by atoms with Gasteiger partial charge in [0.15, 0.2) is 0 Å². The summed E-state index contributed by atoms with van der Waals surface area (Å²) in [6, 6.07) is 5.69. The Morgan fingerprint density at radius 2 is 2.12 bits per heavy atom. The highest BCUT2D eigenvalue weighted by Crippen LogP contribution is 2.14. The van der Waals surface area contributed by atoms with Crippen LogP contribution in [0.15, 0.2) is 24.3 Å². The van der Waals surface area contributed by atoms with E-state index in [9.17, 15) is 14.0 Å². The van der Waals surface area contributed by atoms with E-state index in [1.54, 1.807) is 25.1 Å². The van der Waals surface area contributed by atoms with Crippen molar-refractivity contribution in [1.82, 2.24) is 10.2 Å². The molecule has 4 nitrogen and oxygen atoms in total. The molecule has 0 aromatic heterocycles. The zero-order valence-electron chi connectivity index (χ0n) is 9.44. The van der Waals surface area contributed by atoms with Gasteiger partial charge >= 0.3 is 0 Å². The number of carbonyl (C=O) groups excluding carboxylic acids is 2. The molecule has 1 aromatic carbocycles. The first kappa shape index (κ1) is 11.6. The molecule has 1 unspecified atom stereocenters. The molecule has 1 N–H and O–H groups in total. The smallest absolute Gasteiger partial charge is 0.242 e. The number of nitrogens with one attached hydrogen (secondary N) is 1. The minimum absolute atomic E-state index is 0.0162. The maximum absolute atomic E-state index is 13.5. The molecule has 0 saturated carbocycles. The van der Waals surface area contributed by atoms with Crippen molar-refractivity contribution in [3.8, 4) is 0 Å². The Morgan fingerprint density at radius 3 is 2.82 bits per heavy atom. The van der Waals surface area contributed by atoms with Gasteiger partial charge in [0.05, 0.1) is 6.54 Å². The average Bonchev–Trinajstić information content (AvgIpc) is 2.32. The number of amides is 2. The lowest BCUT2D eigenvalue weighted by Gasteiger charge is -2.32. The number of carbonyl (C=O) groups is 2. The maximum atomic E-state index is 13.5. The molecule has 17 heavy (non-hydrogen) atoms. The van der Waals surface area contributed by atoms with Gasteiger partial charge in [-0.15, -0.1) is 0 Å². The first-order valence-electron chi connectivity index (χ1n) is 5.40. The zero-order chi connectivity index (χ0) is 12.4. The van der Waals surface area contributed by atoms with E-state index in [1.807, 2.05) is 0 Å². The second-order valence-electron chi connectivity index (χ2n) is 4.01. The summed E-state index contributed by atoms with van der Waals surface area (Å²) in [5.41, 5.74) is 0.419. The molecule has 0 bridgehead atoms. The van der Waals surface area contributed by atoms with Gasteiger partial charge in [-0.1, -0.05) is 18.2 Å². The maximum Gasteiger partial charge on any atom is 0.242 e. The fourth-order valence-electron chi connectivity index (χ4n) is 1.80. The summed E-state index contributed by atoms with van der Waals surface area (Å²) in [5.74, 6) is -0.764. The van der Waals surface area contributed by atoms with E-state index >= 15 is 0 Å². The summed E-state index contributed by atoms with van der Waals surface area (Å²) in [6.07, 6.45) is 0. The van der Waals surface area contributed by atoms with Crippen molar-refractivity contribution in [2.45, 2.75) is 19.5 Å². The molecule has 0 aliphatic carbocycles. The topological polar surface area (TPSA) is 49.4 Å². The van der Waals surface area contributed by atoms with Gasteiger partial charge in [0.25, 0.3) is 0 Å². The minimum atomic E-state index is -0.559. The summed E-state index contributed by atoms with van der Waals surface area (Å²) >= 11 is 0. The molecule has 1 heterocycles. The number of nitrogens with zero attached hydrogens (tertiary/aromatic N) is 1. The van der Waals surface area contributed by atoms with Crippen LogP contribution in [-0.4, -0.2) is 29.3 Å². The number of hydrogen-bond donors (Lipinski definition) is 1. The van der Waals surface area contributed by atoms with Gasteiger partial charge in [0.1, 0.15) is 11.9 Å². The largest absolute Gasteiger partial charge is 0.345 e. The highest BCUT2D eigenvalue weighted by Gasteiger charge is 2.31. The molecule has 2 rings (SSSR count). The molecular weight excluding hydrogens is 223 g/mol. The van der Waals surface area contributed by atoms with Crippen LogP contribution in [-0.2, 0) is 16.1 Å². The molecule has 1 fully saturated rings. The van der Waals surface area contributed by atoms with Crippen molar-refractivity contribution >= 4 is 11.8 Å². The Hall–Kier alpha value is -1.91. The molecule has 1 aliphatic heterocycles. The molecule has 90 valence electrons. The second kappa shape index (κ2) is 4.53. The number of piperazine rings is 1. The van der Waals surface area contributed by atoms with Crippen LogP contribution in [0.1, 0.15) is 12.5 Å². The van der Waals surface area contributed by atoms with Crippen molar-refractivity contribution in [3.63, 3.8) is 0 Å². The van der Waals surface area contributed by atoms with Gasteiger partial charge in [-0.25, -0.2) is 4.39 Å². The molecule has 0 spiro atoms. The van der Waals surface area contributed by atoms with Gasteiger partial charge in [-0.3, -0.25) is 9.59 Å². The van der Waals surface area contributed by atoms with E-state index < -0.39 is 6.04 Å². The fourth-order valence-corrected chi connectivity index (χ4v) is 1.80. The molecular formula is C12H13FN2O2. The van der Waals surface area contributed by atoms with Gasteiger partial charge in [0.2, 0.25) is 11.8 Å². The van der Waals surface area contributed by atoms with Crippen LogP contribution in [0.4, 0.5) is 4.39 Å². The summed E-state index contributed by atoms with van der Waals surface area (Å²) in [7, 11) is 0. The highest BCUT2D eigenvalue weighted by molar-refractivity contribution is 5.94. The molecule has 1 saturated heterocycles. The SMILES string of the molecule is CC1C(=O)NCC(=O)N1Cc1ccccc1F. The normalized spacial score (nSPS) is 20.4. The van der Waals surface area contributed by atoms with Gasteiger partial charge < -0.3 is 10.2 Å². The first-order valence-corrected chi connectivity index (χ1v) is 5.40. The highest BCUT2D eigenvalue weighted by atomic mass is 19.1. The quantitative estimate of drug-likeness (QED) is 0.820. The number of halogens is 1. The van der Waals surface area contributed by atoms with Gasteiger partial charge in [-0.2, -0.15) is 0 Å². The van der Waals surface area contributed by atoms with Crippen molar-refractivity contribution in [2.75, 3.05) is 6.54 Å². The number of benzene rings is 1. The average molecular weight is 236 g/mol. The van der Waals surface area contributed by atoms with E-state index in [2.05, 4.69) is 5.32 Å². The van der Waals surface area contributed by atoms with E-state index in [0.717, 1.165) is 0 Å². The summed E-state index contributed by atoms with van der Waals surface area (Å²) < 4.78 is 13.5. The third-order valence-corrected chi connectivity index (χ3v) is 2.88. The standard InChI is InChI=1S/C12H13FN2O2/c1-8-12(17)14-6-11(16)15(8)7-9-4-2-3-5-10(9)13/h2-5,8H,6-7H2,1H3,(H,14,17). The second-order valence-corrected chi connectivity index (χ2v) is 4.01. The van der Waals surface area contributed by atoms with E-state index in [0.29, 0.717) is 5.56 Å². The van der Waals surface area contributed by atoms with Crippen molar-refractivity contribution in [2.24, 2.45) is 0 Å². The molecule has 1 aromatic rings. The molecule has 2 amide bonds. The molecule has 1 aliphatic rings. The van der Waals surface area contributed by atoms with Gasteiger partial charge in [-0.05, 0) is 13.0 Å². The minimum Gasteiger partial charge on any atom is -0.345 e. The van der Waals surface area contributed by atoms with Crippen LogP contribution in [0.2, 0.25) is 0 Å². The summed E-state index contributed by atoms with van der Waals surface area (Å²) in [4.78, 5) is 24.5. The predicted molar refractivity (Wildman–Crippen MR) is 59.4 cm³/mol. The van der Waals surface area contributed by atoms with Crippen molar-refractivity contribution in [1.29, 1.82) is 0 Å². The number of hydrogen-bond acceptors (Lipinski definition) is 2. The van der Waals surface area contributed by atoms with E-state index in [1.165, 1.54) is 11.0 Å². The molecule has 5 heteroatoms. The van der Waals surface area contributed by atoms with Crippen molar-refractivity contribution < 1.29 is 14.0 Å². The van der Waals surface area contributed by atoms with E-state index in [-0.39, 0.29) is 30.7 Å². The fraction of sp³-hybridized carbons (Fsp3) is 0.333. The van der Waals surface area contributed by atoms with Crippen LogP contribution < -0.4 is 5.32 Å². The Kier molecular flexibility index (Phi) is 3.08. The van der Waals surface area contributed by atoms with E-state index in [4.69, 9.17) is 0 Å². The zero-order valence-corrected chi connectivity index (χ0v) is 9.44.